The lowest BCUT2D eigenvalue weighted by atomic mass is 10.3. The van der Waals surface area contributed by atoms with Gasteiger partial charge in [0, 0.05) is 4.90 Å². The van der Waals surface area contributed by atoms with Gasteiger partial charge < -0.3 is 9.84 Å². The van der Waals surface area contributed by atoms with E-state index in [-0.39, 0.29) is 22.4 Å². The van der Waals surface area contributed by atoms with Gasteiger partial charge in [0.05, 0.1) is 7.11 Å². The first-order valence-corrected chi connectivity index (χ1v) is 5.34. The predicted octanol–water partition coefficient (Wildman–Crippen LogP) is 2.89. The van der Waals surface area contributed by atoms with Crippen molar-refractivity contribution in [3.8, 4) is 5.75 Å². The smallest absolute Gasteiger partial charge is 0.443 e. The second-order valence-electron chi connectivity index (χ2n) is 3.18. The summed E-state index contributed by atoms with van der Waals surface area (Å²) in [4.78, 5) is 10.8. The molecule has 0 amide bonds. The zero-order valence-corrected chi connectivity index (χ0v) is 9.81. The van der Waals surface area contributed by atoms with Crippen LogP contribution < -0.4 is 0 Å². The summed E-state index contributed by atoms with van der Waals surface area (Å²) in [7, 11) is 0.666. The Kier molecular flexibility index (Phi) is 4.10. The van der Waals surface area contributed by atoms with Gasteiger partial charge in [-0.15, -0.1) is 0 Å². The van der Waals surface area contributed by atoms with Crippen LogP contribution in [0.5, 0.6) is 5.75 Å². The normalized spacial score (nSPS) is 14.9. The van der Waals surface area contributed by atoms with E-state index >= 15 is 0 Å². The summed E-state index contributed by atoms with van der Waals surface area (Å²) < 4.78 is 55.3. The van der Waals surface area contributed by atoms with Gasteiger partial charge in [-0.3, -0.25) is 0 Å². The van der Waals surface area contributed by atoms with E-state index in [1.807, 2.05) is 0 Å². The molecule has 0 aliphatic carbocycles. The molecule has 1 atom stereocenters. The summed E-state index contributed by atoms with van der Waals surface area (Å²) in [5.41, 5.74) is 0. The van der Waals surface area contributed by atoms with Gasteiger partial charge >= 0.3 is 17.1 Å². The zero-order valence-electron chi connectivity index (χ0n) is 8.99. The lowest BCUT2D eigenvalue weighted by molar-refractivity contribution is -0.209. The van der Waals surface area contributed by atoms with Crippen LogP contribution in [0.3, 0.4) is 0 Å². The summed E-state index contributed by atoms with van der Waals surface area (Å²) in [6.45, 7) is 0. The molecule has 0 aromatic heterocycles. The van der Waals surface area contributed by atoms with Crippen LogP contribution in [-0.4, -0.2) is 29.4 Å². The first-order chi connectivity index (χ1) is 8.20. The summed E-state index contributed by atoms with van der Waals surface area (Å²) in [5, 5.41) is 4.77. The molecule has 0 heterocycles. The van der Waals surface area contributed by atoms with Gasteiger partial charge in [0.15, 0.2) is 0 Å². The third kappa shape index (κ3) is 2.87. The monoisotopic (exact) mass is 284 g/mol. The molecule has 0 saturated carbocycles. The first kappa shape index (κ1) is 14.6. The van der Waals surface area contributed by atoms with Crippen molar-refractivity contribution < 1.29 is 32.2 Å². The van der Waals surface area contributed by atoms with Crippen LogP contribution >= 0.6 is 11.8 Å². The highest BCUT2D eigenvalue weighted by atomic mass is 32.2. The molecule has 0 unspecified atom stereocenters. The maximum Gasteiger partial charge on any atom is 0.443 e. The molecule has 0 radical (unpaired) electrons. The molecule has 0 fully saturated rings. The topological polar surface area (TPSA) is 46.5 Å². The van der Waals surface area contributed by atoms with Crippen molar-refractivity contribution in [2.75, 3.05) is 7.11 Å². The van der Waals surface area contributed by atoms with Gasteiger partial charge in [0.1, 0.15) is 5.75 Å². The van der Waals surface area contributed by atoms with E-state index in [1.165, 1.54) is 0 Å². The summed E-state index contributed by atoms with van der Waals surface area (Å²) in [5.74, 6) is -2.22. The van der Waals surface area contributed by atoms with Crippen LogP contribution in [0.2, 0.25) is 0 Å². The fourth-order valence-corrected chi connectivity index (χ4v) is 1.90. The van der Waals surface area contributed by atoms with Gasteiger partial charge in [-0.1, -0.05) is 11.8 Å². The van der Waals surface area contributed by atoms with Crippen LogP contribution in [0.4, 0.5) is 17.6 Å². The zero-order chi connectivity index (χ0) is 14.0. The maximum atomic E-state index is 13.8. The average molecular weight is 284 g/mol. The predicted molar refractivity (Wildman–Crippen MR) is 55.9 cm³/mol. The van der Waals surface area contributed by atoms with Gasteiger partial charge in [0.25, 0.3) is 0 Å². The number of hydrogen-bond acceptors (Lipinski definition) is 4. The molecule has 100 valence electrons. The molecule has 1 rings (SSSR count). The molecule has 0 spiro atoms. The summed E-state index contributed by atoms with van der Waals surface area (Å²) in [6, 6.07) is 4.28. The summed E-state index contributed by atoms with van der Waals surface area (Å²) in [6.07, 6.45) is -5.41. The number of esters is 1. The molecule has 0 aliphatic rings. The maximum absolute atomic E-state index is 13.8. The Balaban J connectivity index is 3.07. The molecule has 1 aromatic rings. The van der Waals surface area contributed by atoms with Crippen molar-refractivity contribution in [3.05, 3.63) is 24.3 Å². The fraction of sp³-hybridized carbons (Fsp3) is 0.300. The number of phenolic OH excluding ortho intramolecular Hbond substituents is 1. The van der Waals surface area contributed by atoms with Crippen LogP contribution in [0, 0.1) is 0 Å². The van der Waals surface area contributed by atoms with E-state index < -0.39 is 17.1 Å². The Hall–Kier alpha value is -1.44. The Morgan fingerprint density at radius 3 is 2.11 bits per heavy atom. The number of hydrogen-bond donors (Lipinski definition) is 1. The molecular weight excluding hydrogens is 276 g/mol. The van der Waals surface area contributed by atoms with E-state index in [4.69, 9.17) is 5.11 Å². The minimum absolute atomic E-state index is 0.168. The fourth-order valence-electron chi connectivity index (χ4n) is 1.02. The molecule has 0 saturated heterocycles. The van der Waals surface area contributed by atoms with E-state index in [0.29, 0.717) is 7.11 Å². The number of aromatic hydroxyl groups is 1. The van der Waals surface area contributed by atoms with Gasteiger partial charge in [-0.2, -0.15) is 13.2 Å². The lowest BCUT2D eigenvalue weighted by Crippen LogP contribution is -2.45. The molecule has 18 heavy (non-hydrogen) atoms. The third-order valence-electron chi connectivity index (χ3n) is 1.91. The van der Waals surface area contributed by atoms with Crippen molar-refractivity contribution >= 4 is 17.7 Å². The van der Waals surface area contributed by atoms with E-state index in [0.717, 1.165) is 24.3 Å². The van der Waals surface area contributed by atoms with Crippen molar-refractivity contribution in [3.63, 3.8) is 0 Å². The average Bonchev–Trinajstić information content (AvgIpc) is 2.29. The van der Waals surface area contributed by atoms with Crippen molar-refractivity contribution in [2.45, 2.75) is 16.1 Å². The number of carbonyl (C=O) groups is 1. The minimum Gasteiger partial charge on any atom is -0.508 e. The highest BCUT2D eigenvalue weighted by Crippen LogP contribution is 2.47. The van der Waals surface area contributed by atoms with Crippen molar-refractivity contribution in [1.82, 2.24) is 0 Å². The molecule has 1 N–H and O–H groups in total. The highest BCUT2D eigenvalue weighted by molar-refractivity contribution is 8.01. The van der Waals surface area contributed by atoms with Crippen LogP contribution in [0.15, 0.2) is 29.2 Å². The number of carbonyl (C=O) groups excluding carboxylic acids is 1. The molecule has 3 nitrogen and oxygen atoms in total. The number of thioether (sulfide) groups is 1. The molecule has 8 heteroatoms. The van der Waals surface area contributed by atoms with Crippen LogP contribution in [-0.2, 0) is 9.53 Å². The van der Waals surface area contributed by atoms with E-state index in [9.17, 15) is 22.4 Å². The Bertz CT molecular complexity index is 432. The summed E-state index contributed by atoms with van der Waals surface area (Å²) >= 11 is -0.338. The number of rotatable bonds is 3. The number of phenols is 1. The molecule has 0 bridgehead atoms. The largest absolute Gasteiger partial charge is 0.508 e. The van der Waals surface area contributed by atoms with Gasteiger partial charge in [-0.25, -0.2) is 9.18 Å². The van der Waals surface area contributed by atoms with E-state index in [2.05, 4.69) is 4.74 Å². The minimum atomic E-state index is -5.41. The SMILES string of the molecule is COC(=O)[C@](F)(Sc1ccc(O)cc1)C(F)(F)F. The third-order valence-corrected chi connectivity index (χ3v) is 3.10. The number of halogens is 4. The number of benzene rings is 1. The van der Waals surface area contributed by atoms with Crippen molar-refractivity contribution in [1.29, 1.82) is 0 Å². The van der Waals surface area contributed by atoms with Gasteiger partial charge in [0.2, 0.25) is 0 Å². The van der Waals surface area contributed by atoms with Crippen molar-refractivity contribution in [2.24, 2.45) is 0 Å². The van der Waals surface area contributed by atoms with Crippen LogP contribution in [0.25, 0.3) is 0 Å². The Labute approximate surface area is 104 Å². The Morgan fingerprint density at radius 1 is 1.22 bits per heavy atom. The molecule has 0 aliphatic heterocycles. The quantitative estimate of drug-likeness (QED) is 0.526. The molecular formula is C10H8F4O3S. The number of ether oxygens (including phenoxy) is 1. The standard InChI is InChI=1S/C10H8F4O3S/c1-17-8(16)9(11,10(12,13)14)18-7-4-2-6(15)3-5-7/h2-5,15H,1H3/t9-/m0/s1. The number of methoxy groups -OCH3 is 1. The molecule has 1 aromatic carbocycles. The van der Waals surface area contributed by atoms with Gasteiger partial charge in [-0.05, 0) is 24.3 Å². The van der Waals surface area contributed by atoms with E-state index in [1.54, 1.807) is 0 Å². The Morgan fingerprint density at radius 2 is 1.72 bits per heavy atom. The second-order valence-corrected chi connectivity index (χ2v) is 4.42. The highest BCUT2D eigenvalue weighted by Gasteiger charge is 2.64. The van der Waals surface area contributed by atoms with Crippen LogP contribution in [0.1, 0.15) is 0 Å². The number of alkyl halides is 4. The first-order valence-electron chi connectivity index (χ1n) is 4.53. The lowest BCUT2D eigenvalue weighted by Gasteiger charge is -2.24. The second kappa shape index (κ2) is 5.05.